The Bertz CT molecular complexity index is 1070. The van der Waals surface area contributed by atoms with Gasteiger partial charge in [-0.25, -0.2) is 8.42 Å². The van der Waals surface area contributed by atoms with Gasteiger partial charge < -0.3 is 9.47 Å². The maximum Gasteiger partial charge on any atom is 0.206 e. The standard InChI is InChI=1S/C22H22O4S/c1-15-5-10-20(13-16(15)2)27(23,24)21-11-12-22(17(3)14-21)26-19-8-6-18(25-4)7-9-19/h5-14H,1-4H3. The molecule has 0 aliphatic heterocycles. The lowest BCUT2D eigenvalue weighted by Crippen LogP contribution is -2.03. The van der Waals surface area contributed by atoms with Crippen LogP contribution in [0.4, 0.5) is 0 Å². The second-order valence-corrected chi connectivity index (χ2v) is 8.40. The van der Waals surface area contributed by atoms with Crippen LogP contribution < -0.4 is 9.47 Å². The number of aryl methyl sites for hydroxylation is 3. The third-order valence-electron chi connectivity index (χ3n) is 4.53. The number of hydrogen-bond acceptors (Lipinski definition) is 4. The first-order valence-corrected chi connectivity index (χ1v) is 10.0. The second kappa shape index (κ2) is 7.45. The third-order valence-corrected chi connectivity index (χ3v) is 6.28. The summed E-state index contributed by atoms with van der Waals surface area (Å²) >= 11 is 0. The predicted octanol–water partition coefficient (Wildman–Crippen LogP) is 5.25. The minimum atomic E-state index is -3.57. The molecule has 0 aromatic heterocycles. The van der Waals surface area contributed by atoms with Crippen LogP contribution >= 0.6 is 0 Å². The maximum atomic E-state index is 12.9. The first-order valence-electron chi connectivity index (χ1n) is 8.56. The average molecular weight is 382 g/mol. The molecule has 0 spiro atoms. The largest absolute Gasteiger partial charge is 0.497 e. The summed E-state index contributed by atoms with van der Waals surface area (Å²) in [6.45, 7) is 5.70. The Kier molecular flexibility index (Phi) is 5.24. The van der Waals surface area contributed by atoms with Crippen LogP contribution in [0, 0.1) is 20.8 Å². The van der Waals surface area contributed by atoms with E-state index in [-0.39, 0.29) is 4.90 Å². The van der Waals surface area contributed by atoms with Crippen molar-refractivity contribution in [1.29, 1.82) is 0 Å². The number of ether oxygens (including phenoxy) is 2. The van der Waals surface area contributed by atoms with Gasteiger partial charge in [-0.3, -0.25) is 0 Å². The Hall–Kier alpha value is -2.79. The zero-order valence-electron chi connectivity index (χ0n) is 15.8. The molecule has 0 atom stereocenters. The van der Waals surface area contributed by atoms with Crippen LogP contribution in [0.2, 0.25) is 0 Å². The lowest BCUT2D eigenvalue weighted by atomic mass is 10.1. The van der Waals surface area contributed by atoms with E-state index < -0.39 is 9.84 Å². The topological polar surface area (TPSA) is 52.6 Å². The molecule has 0 N–H and O–H groups in total. The Morgan fingerprint density at radius 1 is 0.667 bits per heavy atom. The van der Waals surface area contributed by atoms with Crippen LogP contribution in [0.1, 0.15) is 16.7 Å². The minimum Gasteiger partial charge on any atom is -0.497 e. The maximum absolute atomic E-state index is 12.9. The molecule has 0 bridgehead atoms. The molecule has 3 rings (SSSR count). The van der Waals surface area contributed by atoms with Gasteiger partial charge in [0.15, 0.2) is 0 Å². The van der Waals surface area contributed by atoms with Gasteiger partial charge in [0.2, 0.25) is 9.84 Å². The summed E-state index contributed by atoms with van der Waals surface area (Å²) < 4.78 is 36.9. The highest BCUT2D eigenvalue weighted by Crippen LogP contribution is 2.30. The molecule has 3 aromatic rings. The molecular formula is C22H22O4S. The molecule has 5 heteroatoms. The number of methoxy groups -OCH3 is 1. The highest BCUT2D eigenvalue weighted by Gasteiger charge is 2.19. The lowest BCUT2D eigenvalue weighted by Gasteiger charge is -2.12. The number of hydrogen-bond donors (Lipinski definition) is 0. The summed E-state index contributed by atoms with van der Waals surface area (Å²) in [6, 6.07) is 17.3. The quantitative estimate of drug-likeness (QED) is 0.605. The second-order valence-electron chi connectivity index (χ2n) is 6.45. The zero-order chi connectivity index (χ0) is 19.6. The van der Waals surface area contributed by atoms with Gasteiger partial charge in [-0.05, 0) is 92.1 Å². The van der Waals surface area contributed by atoms with E-state index in [1.165, 1.54) is 0 Å². The van der Waals surface area contributed by atoms with Crippen LogP contribution in [-0.2, 0) is 9.84 Å². The number of sulfone groups is 1. The van der Waals surface area contributed by atoms with Crippen molar-refractivity contribution in [3.05, 3.63) is 77.4 Å². The molecular weight excluding hydrogens is 360 g/mol. The SMILES string of the molecule is COc1ccc(Oc2ccc(S(=O)(=O)c3ccc(C)c(C)c3)cc2C)cc1. The molecule has 0 aliphatic rings. The van der Waals surface area contributed by atoms with E-state index in [1.54, 1.807) is 49.6 Å². The van der Waals surface area contributed by atoms with Crippen LogP contribution in [0.25, 0.3) is 0 Å². The summed E-state index contributed by atoms with van der Waals surface area (Å²) in [5.41, 5.74) is 2.76. The predicted molar refractivity (Wildman–Crippen MR) is 106 cm³/mol. The van der Waals surface area contributed by atoms with Crippen molar-refractivity contribution in [3.63, 3.8) is 0 Å². The fourth-order valence-corrected chi connectivity index (χ4v) is 4.12. The summed E-state index contributed by atoms with van der Waals surface area (Å²) in [4.78, 5) is 0.555. The van der Waals surface area contributed by atoms with Gasteiger partial charge in [0.25, 0.3) is 0 Å². The summed E-state index contributed by atoms with van der Waals surface area (Å²) in [5.74, 6) is 2.01. The van der Waals surface area contributed by atoms with E-state index in [9.17, 15) is 8.42 Å². The van der Waals surface area contributed by atoms with Crippen molar-refractivity contribution < 1.29 is 17.9 Å². The summed E-state index contributed by atoms with van der Waals surface area (Å²) in [6.07, 6.45) is 0. The molecule has 0 unspecified atom stereocenters. The fourth-order valence-electron chi connectivity index (χ4n) is 2.69. The van der Waals surface area contributed by atoms with Crippen molar-refractivity contribution >= 4 is 9.84 Å². The van der Waals surface area contributed by atoms with Gasteiger partial charge in [0, 0.05) is 0 Å². The normalized spacial score (nSPS) is 11.3. The van der Waals surface area contributed by atoms with E-state index in [0.717, 1.165) is 22.4 Å². The molecule has 0 heterocycles. The van der Waals surface area contributed by atoms with Crippen molar-refractivity contribution in [2.24, 2.45) is 0 Å². The third kappa shape index (κ3) is 3.98. The summed E-state index contributed by atoms with van der Waals surface area (Å²) in [7, 11) is -1.97. The first-order chi connectivity index (χ1) is 12.8. The van der Waals surface area contributed by atoms with Gasteiger partial charge in [-0.1, -0.05) is 6.07 Å². The molecule has 0 saturated heterocycles. The Morgan fingerprint density at radius 3 is 1.78 bits per heavy atom. The fraction of sp³-hybridized carbons (Fsp3) is 0.182. The smallest absolute Gasteiger partial charge is 0.206 e. The number of benzene rings is 3. The molecule has 0 aliphatic carbocycles. The highest BCUT2D eigenvalue weighted by molar-refractivity contribution is 7.91. The lowest BCUT2D eigenvalue weighted by molar-refractivity contribution is 0.412. The molecule has 0 amide bonds. The monoisotopic (exact) mass is 382 g/mol. The first kappa shape index (κ1) is 19.0. The van der Waals surface area contributed by atoms with Crippen molar-refractivity contribution in [1.82, 2.24) is 0 Å². The Morgan fingerprint density at radius 2 is 1.22 bits per heavy atom. The van der Waals surface area contributed by atoms with Gasteiger partial charge in [0.1, 0.15) is 17.2 Å². The van der Waals surface area contributed by atoms with E-state index in [2.05, 4.69) is 0 Å². The molecule has 27 heavy (non-hydrogen) atoms. The van der Waals surface area contributed by atoms with Crippen molar-refractivity contribution in [2.75, 3.05) is 7.11 Å². The van der Waals surface area contributed by atoms with Gasteiger partial charge in [-0.2, -0.15) is 0 Å². The van der Waals surface area contributed by atoms with Gasteiger partial charge in [-0.15, -0.1) is 0 Å². The van der Waals surface area contributed by atoms with E-state index in [0.29, 0.717) is 16.4 Å². The van der Waals surface area contributed by atoms with Crippen LogP contribution in [0.15, 0.2) is 70.5 Å². The van der Waals surface area contributed by atoms with Crippen LogP contribution in [-0.4, -0.2) is 15.5 Å². The number of rotatable bonds is 5. The van der Waals surface area contributed by atoms with E-state index in [4.69, 9.17) is 9.47 Å². The van der Waals surface area contributed by atoms with Gasteiger partial charge in [0.05, 0.1) is 16.9 Å². The van der Waals surface area contributed by atoms with Crippen LogP contribution in [0.3, 0.4) is 0 Å². The van der Waals surface area contributed by atoms with E-state index >= 15 is 0 Å². The Labute approximate surface area is 160 Å². The van der Waals surface area contributed by atoms with Crippen molar-refractivity contribution in [3.8, 4) is 17.2 Å². The molecule has 0 radical (unpaired) electrons. The molecule has 0 saturated carbocycles. The zero-order valence-corrected chi connectivity index (χ0v) is 16.6. The van der Waals surface area contributed by atoms with Crippen LogP contribution in [0.5, 0.6) is 17.2 Å². The van der Waals surface area contributed by atoms with Gasteiger partial charge >= 0.3 is 0 Å². The highest BCUT2D eigenvalue weighted by atomic mass is 32.2. The van der Waals surface area contributed by atoms with Crippen molar-refractivity contribution in [2.45, 2.75) is 30.6 Å². The Balaban J connectivity index is 1.90. The average Bonchev–Trinajstić information content (AvgIpc) is 2.66. The summed E-state index contributed by atoms with van der Waals surface area (Å²) in [5, 5.41) is 0. The molecule has 4 nitrogen and oxygen atoms in total. The molecule has 0 fully saturated rings. The minimum absolute atomic E-state index is 0.255. The molecule has 140 valence electrons. The van der Waals surface area contributed by atoms with E-state index in [1.807, 2.05) is 39.0 Å². The molecule has 3 aromatic carbocycles.